The standard InChI is InChI=1S/C6H11N3O2S/c1-4-8(2)5(6(10)11)7-9(4)12-3/h4H,1-3H3,(H,10,11). The van der Waals surface area contributed by atoms with Crippen LogP contribution in [0.4, 0.5) is 0 Å². The first-order chi connectivity index (χ1) is 5.57. The molecule has 1 heterocycles. The van der Waals surface area contributed by atoms with Gasteiger partial charge >= 0.3 is 5.97 Å². The minimum absolute atomic E-state index is 0.00565. The number of hydrogen-bond donors (Lipinski definition) is 1. The average molecular weight is 189 g/mol. The number of hydrogen-bond acceptors (Lipinski definition) is 5. The first kappa shape index (κ1) is 9.18. The lowest BCUT2D eigenvalue weighted by Gasteiger charge is -2.22. The maximum absolute atomic E-state index is 10.6. The van der Waals surface area contributed by atoms with E-state index in [2.05, 4.69) is 5.10 Å². The molecule has 0 amide bonds. The molecule has 0 aromatic rings. The maximum Gasteiger partial charge on any atom is 0.373 e. The fourth-order valence-corrected chi connectivity index (χ4v) is 1.57. The second-order valence-corrected chi connectivity index (χ2v) is 3.20. The second kappa shape index (κ2) is 3.22. The molecule has 0 fully saturated rings. The highest BCUT2D eigenvalue weighted by atomic mass is 32.2. The zero-order valence-corrected chi connectivity index (χ0v) is 8.00. The molecule has 0 aliphatic carbocycles. The Morgan fingerprint density at radius 1 is 1.75 bits per heavy atom. The molecule has 12 heavy (non-hydrogen) atoms. The number of carboxylic acids is 1. The predicted octanol–water partition coefficient (Wildman–Crippen LogP) is 0.256. The smallest absolute Gasteiger partial charge is 0.373 e. The number of aliphatic carboxylic acids is 1. The first-order valence-corrected chi connectivity index (χ1v) is 4.64. The summed E-state index contributed by atoms with van der Waals surface area (Å²) in [6, 6.07) is 0. The monoisotopic (exact) mass is 189 g/mol. The molecule has 1 unspecified atom stereocenters. The quantitative estimate of drug-likeness (QED) is 0.631. The van der Waals surface area contributed by atoms with Crippen molar-refractivity contribution in [2.24, 2.45) is 5.10 Å². The molecule has 0 aromatic carbocycles. The van der Waals surface area contributed by atoms with Gasteiger partial charge in [-0.15, -0.1) is 5.10 Å². The normalized spacial score (nSPS) is 22.9. The van der Waals surface area contributed by atoms with Crippen LogP contribution in [0.15, 0.2) is 5.10 Å². The van der Waals surface area contributed by atoms with Crippen molar-refractivity contribution in [3.05, 3.63) is 0 Å². The lowest BCUT2D eigenvalue weighted by Crippen LogP contribution is -2.37. The molecule has 0 bridgehead atoms. The van der Waals surface area contributed by atoms with Crippen molar-refractivity contribution in [2.75, 3.05) is 13.3 Å². The van der Waals surface area contributed by atoms with Gasteiger partial charge in [0.1, 0.15) is 6.17 Å². The van der Waals surface area contributed by atoms with Gasteiger partial charge in [-0.1, -0.05) is 0 Å². The van der Waals surface area contributed by atoms with Crippen LogP contribution in [0.25, 0.3) is 0 Å². The molecule has 1 aliphatic rings. The van der Waals surface area contributed by atoms with E-state index in [0.717, 1.165) is 0 Å². The highest BCUT2D eigenvalue weighted by Crippen LogP contribution is 2.20. The Morgan fingerprint density at radius 3 is 2.58 bits per heavy atom. The zero-order chi connectivity index (χ0) is 9.30. The molecule has 1 N–H and O–H groups in total. The lowest BCUT2D eigenvalue weighted by atomic mass is 10.4. The summed E-state index contributed by atoms with van der Waals surface area (Å²) in [4.78, 5) is 12.2. The van der Waals surface area contributed by atoms with Gasteiger partial charge < -0.3 is 10.0 Å². The lowest BCUT2D eigenvalue weighted by molar-refractivity contribution is -0.130. The van der Waals surface area contributed by atoms with Crippen LogP contribution in [0, 0.1) is 0 Å². The van der Waals surface area contributed by atoms with Crippen LogP contribution in [-0.2, 0) is 4.79 Å². The Morgan fingerprint density at radius 2 is 2.33 bits per heavy atom. The molecule has 68 valence electrons. The van der Waals surface area contributed by atoms with Gasteiger partial charge in [0.05, 0.1) is 0 Å². The van der Waals surface area contributed by atoms with E-state index in [1.807, 2.05) is 13.2 Å². The fraction of sp³-hybridized carbons (Fsp3) is 0.667. The number of rotatable bonds is 2. The number of amidine groups is 1. The molecule has 5 nitrogen and oxygen atoms in total. The molecular weight excluding hydrogens is 178 g/mol. The van der Waals surface area contributed by atoms with Gasteiger partial charge in [-0.05, 0) is 18.9 Å². The minimum atomic E-state index is -0.985. The van der Waals surface area contributed by atoms with Crippen molar-refractivity contribution in [3.63, 3.8) is 0 Å². The average Bonchev–Trinajstić information content (AvgIpc) is 2.30. The Balaban J connectivity index is 2.83. The van der Waals surface area contributed by atoms with E-state index in [1.54, 1.807) is 16.4 Å². The third-order valence-corrected chi connectivity index (χ3v) is 2.55. The molecule has 1 rings (SSSR count). The summed E-state index contributed by atoms with van der Waals surface area (Å²) in [5.41, 5.74) is 0. The number of hydrazone groups is 1. The molecular formula is C6H11N3O2S. The summed E-state index contributed by atoms with van der Waals surface area (Å²) in [6.45, 7) is 1.90. The van der Waals surface area contributed by atoms with E-state index in [9.17, 15) is 4.79 Å². The zero-order valence-electron chi connectivity index (χ0n) is 7.18. The van der Waals surface area contributed by atoms with Crippen LogP contribution in [0.2, 0.25) is 0 Å². The maximum atomic E-state index is 10.6. The van der Waals surface area contributed by atoms with Gasteiger partial charge in [-0.3, -0.25) is 0 Å². The van der Waals surface area contributed by atoms with Gasteiger partial charge in [0.15, 0.2) is 0 Å². The van der Waals surface area contributed by atoms with Crippen molar-refractivity contribution in [1.29, 1.82) is 0 Å². The Hall–Kier alpha value is -0.910. The molecule has 1 atom stereocenters. The highest BCUT2D eigenvalue weighted by Gasteiger charge is 2.31. The van der Waals surface area contributed by atoms with Crippen LogP contribution in [-0.4, -0.2) is 45.7 Å². The van der Waals surface area contributed by atoms with Crippen LogP contribution < -0.4 is 0 Å². The Labute approximate surface area is 75.2 Å². The summed E-state index contributed by atoms with van der Waals surface area (Å²) < 4.78 is 1.66. The van der Waals surface area contributed by atoms with Gasteiger partial charge in [0.2, 0.25) is 5.84 Å². The molecule has 1 aliphatic heterocycles. The van der Waals surface area contributed by atoms with Gasteiger partial charge in [-0.2, -0.15) is 0 Å². The van der Waals surface area contributed by atoms with E-state index in [0.29, 0.717) is 0 Å². The Bertz CT molecular complexity index is 231. The summed E-state index contributed by atoms with van der Waals surface area (Å²) in [5.74, 6) is -0.891. The number of carboxylic acid groups (broad SMARTS) is 1. The number of likely N-dealkylation sites (N-methyl/N-ethyl adjacent to an activating group) is 1. The predicted molar refractivity (Wildman–Crippen MR) is 47.6 cm³/mol. The van der Waals surface area contributed by atoms with Crippen molar-refractivity contribution in [1.82, 2.24) is 9.31 Å². The number of nitrogens with zero attached hydrogens (tertiary/aromatic N) is 3. The van der Waals surface area contributed by atoms with Gasteiger partial charge in [0, 0.05) is 13.3 Å². The molecule has 0 radical (unpaired) electrons. The van der Waals surface area contributed by atoms with E-state index >= 15 is 0 Å². The SMILES string of the molecule is CSN1N=C(C(=O)O)N(C)C1C. The van der Waals surface area contributed by atoms with Crippen molar-refractivity contribution in [2.45, 2.75) is 13.1 Å². The van der Waals surface area contributed by atoms with Gasteiger partial charge in [0.25, 0.3) is 0 Å². The van der Waals surface area contributed by atoms with E-state index < -0.39 is 5.97 Å². The molecule has 0 saturated carbocycles. The van der Waals surface area contributed by atoms with Crippen molar-refractivity contribution >= 4 is 23.8 Å². The Kier molecular flexibility index (Phi) is 2.46. The van der Waals surface area contributed by atoms with Crippen LogP contribution >= 0.6 is 11.9 Å². The summed E-state index contributed by atoms with van der Waals surface area (Å²) in [6.07, 6.45) is 1.87. The third kappa shape index (κ3) is 1.34. The topological polar surface area (TPSA) is 56.1 Å². The van der Waals surface area contributed by atoms with E-state index in [1.165, 1.54) is 11.9 Å². The van der Waals surface area contributed by atoms with Gasteiger partial charge in [-0.25, -0.2) is 9.21 Å². The summed E-state index contributed by atoms with van der Waals surface area (Å²) >= 11 is 1.41. The van der Waals surface area contributed by atoms with Crippen LogP contribution in [0.3, 0.4) is 0 Å². The van der Waals surface area contributed by atoms with Crippen molar-refractivity contribution < 1.29 is 9.90 Å². The molecule has 0 spiro atoms. The van der Waals surface area contributed by atoms with Crippen LogP contribution in [0.5, 0.6) is 0 Å². The second-order valence-electron chi connectivity index (χ2n) is 2.46. The van der Waals surface area contributed by atoms with E-state index in [-0.39, 0.29) is 12.0 Å². The third-order valence-electron chi connectivity index (χ3n) is 1.79. The van der Waals surface area contributed by atoms with Crippen molar-refractivity contribution in [3.8, 4) is 0 Å². The first-order valence-electron chi connectivity index (χ1n) is 3.46. The van der Waals surface area contributed by atoms with Crippen LogP contribution in [0.1, 0.15) is 6.92 Å². The molecule has 6 heteroatoms. The summed E-state index contributed by atoms with van der Waals surface area (Å²) in [7, 11) is 1.72. The fourth-order valence-electron chi connectivity index (χ4n) is 0.960. The number of carbonyl (C=O) groups is 1. The minimum Gasteiger partial charge on any atom is -0.475 e. The largest absolute Gasteiger partial charge is 0.475 e. The molecule has 0 saturated heterocycles. The highest BCUT2D eigenvalue weighted by molar-refractivity contribution is 7.96. The molecule has 0 aromatic heterocycles. The van der Waals surface area contributed by atoms with E-state index in [4.69, 9.17) is 5.11 Å². The summed E-state index contributed by atoms with van der Waals surface area (Å²) in [5, 5.41) is 12.6.